The molecule has 4 rings (SSSR count). The van der Waals surface area contributed by atoms with Crippen LogP contribution in [0.15, 0.2) is 48.5 Å². The molecule has 6 nitrogen and oxygen atoms in total. The Balaban J connectivity index is 1.41. The van der Waals surface area contributed by atoms with Crippen LogP contribution in [0.5, 0.6) is 5.75 Å². The number of methoxy groups -OCH3 is 1. The fourth-order valence-electron chi connectivity index (χ4n) is 3.85. The number of nitrogens with zero attached hydrogens (tertiary/aromatic N) is 3. The third-order valence-corrected chi connectivity index (χ3v) is 5.40. The predicted octanol–water partition coefficient (Wildman–Crippen LogP) is 2.29. The van der Waals surface area contributed by atoms with Crippen molar-refractivity contribution >= 4 is 23.2 Å². The lowest BCUT2D eigenvalue weighted by molar-refractivity contribution is -0.123. The lowest BCUT2D eigenvalue weighted by atomic mass is 10.1. The summed E-state index contributed by atoms with van der Waals surface area (Å²) in [7, 11) is 1.64. The maximum Gasteiger partial charge on any atom is 0.251 e. The molecule has 2 fully saturated rings. The molecule has 0 N–H and O–H groups in total. The van der Waals surface area contributed by atoms with Gasteiger partial charge in [-0.3, -0.25) is 14.5 Å². The zero-order valence-corrected chi connectivity index (χ0v) is 15.7. The monoisotopic (exact) mass is 383 g/mol. The molecule has 0 aromatic heterocycles. The third kappa shape index (κ3) is 3.45. The quantitative estimate of drug-likeness (QED) is 0.759. The summed E-state index contributed by atoms with van der Waals surface area (Å²) in [5.74, 6) is -0.0407. The van der Waals surface area contributed by atoms with Gasteiger partial charge < -0.3 is 9.64 Å². The van der Waals surface area contributed by atoms with Crippen molar-refractivity contribution in [3.8, 4) is 5.75 Å². The number of hydrogen-bond acceptors (Lipinski definition) is 5. The van der Waals surface area contributed by atoms with Crippen molar-refractivity contribution in [2.75, 3.05) is 43.1 Å². The molecular weight excluding hydrogens is 361 g/mol. The molecule has 2 heterocycles. The second kappa shape index (κ2) is 7.59. The summed E-state index contributed by atoms with van der Waals surface area (Å²) in [4.78, 5) is 30.8. The molecule has 2 aromatic carbocycles. The van der Waals surface area contributed by atoms with E-state index in [0.29, 0.717) is 18.8 Å². The molecule has 2 saturated heterocycles. The largest absolute Gasteiger partial charge is 0.497 e. The van der Waals surface area contributed by atoms with Gasteiger partial charge in [0.1, 0.15) is 11.6 Å². The SMILES string of the molecule is COc1ccc(N2CCN(C3CC(=O)N(c4ccc(F)cc4)C3=O)CC2)cc1. The van der Waals surface area contributed by atoms with Crippen molar-refractivity contribution < 1.29 is 18.7 Å². The maximum atomic E-state index is 13.1. The van der Waals surface area contributed by atoms with Crippen LogP contribution in [0, 0.1) is 5.82 Å². The first-order chi connectivity index (χ1) is 13.6. The van der Waals surface area contributed by atoms with Gasteiger partial charge in [-0.05, 0) is 48.5 Å². The molecule has 0 saturated carbocycles. The molecule has 7 heteroatoms. The highest BCUT2D eigenvalue weighted by atomic mass is 19.1. The molecule has 1 unspecified atom stereocenters. The Morgan fingerprint density at radius 1 is 0.893 bits per heavy atom. The highest BCUT2D eigenvalue weighted by molar-refractivity contribution is 6.22. The van der Waals surface area contributed by atoms with Gasteiger partial charge in [0.2, 0.25) is 5.91 Å². The summed E-state index contributed by atoms with van der Waals surface area (Å²) in [5.41, 5.74) is 1.54. The van der Waals surface area contributed by atoms with Crippen molar-refractivity contribution in [3.63, 3.8) is 0 Å². The lowest BCUT2D eigenvalue weighted by Gasteiger charge is -2.38. The molecule has 1 atom stereocenters. The van der Waals surface area contributed by atoms with Gasteiger partial charge in [0.25, 0.3) is 5.91 Å². The number of benzene rings is 2. The van der Waals surface area contributed by atoms with Crippen molar-refractivity contribution in [2.24, 2.45) is 0 Å². The Labute approximate surface area is 163 Å². The van der Waals surface area contributed by atoms with Gasteiger partial charge in [-0.2, -0.15) is 0 Å². The third-order valence-electron chi connectivity index (χ3n) is 5.40. The zero-order valence-electron chi connectivity index (χ0n) is 15.7. The van der Waals surface area contributed by atoms with E-state index in [1.54, 1.807) is 7.11 Å². The number of halogens is 1. The Hall–Kier alpha value is -2.93. The van der Waals surface area contributed by atoms with Crippen molar-refractivity contribution in [1.29, 1.82) is 0 Å². The van der Waals surface area contributed by atoms with Crippen molar-refractivity contribution in [2.45, 2.75) is 12.5 Å². The van der Waals surface area contributed by atoms with Gasteiger partial charge in [-0.25, -0.2) is 9.29 Å². The number of carbonyl (C=O) groups excluding carboxylic acids is 2. The predicted molar refractivity (Wildman–Crippen MR) is 104 cm³/mol. The Bertz CT molecular complexity index is 861. The van der Waals surface area contributed by atoms with Crippen LogP contribution in [0.2, 0.25) is 0 Å². The number of anilines is 2. The van der Waals surface area contributed by atoms with E-state index in [2.05, 4.69) is 9.80 Å². The van der Waals surface area contributed by atoms with Gasteiger partial charge in [-0.15, -0.1) is 0 Å². The van der Waals surface area contributed by atoms with Crippen LogP contribution in [0.1, 0.15) is 6.42 Å². The normalized spacial score (nSPS) is 20.7. The fourth-order valence-corrected chi connectivity index (χ4v) is 3.85. The average molecular weight is 383 g/mol. The van der Waals surface area contributed by atoms with Crippen LogP contribution in [0.25, 0.3) is 0 Å². The van der Waals surface area contributed by atoms with Gasteiger partial charge in [0, 0.05) is 31.9 Å². The molecule has 2 aliphatic rings. The minimum absolute atomic E-state index is 0.165. The number of carbonyl (C=O) groups is 2. The Kier molecular flexibility index (Phi) is 5.00. The van der Waals surface area contributed by atoms with E-state index < -0.39 is 11.9 Å². The second-order valence-corrected chi connectivity index (χ2v) is 6.98. The smallest absolute Gasteiger partial charge is 0.251 e. The summed E-state index contributed by atoms with van der Waals surface area (Å²) >= 11 is 0. The second-order valence-electron chi connectivity index (χ2n) is 6.98. The summed E-state index contributed by atoms with van der Waals surface area (Å²) in [5, 5.41) is 0. The summed E-state index contributed by atoms with van der Waals surface area (Å²) in [6.45, 7) is 2.96. The Morgan fingerprint density at radius 3 is 2.11 bits per heavy atom. The molecule has 0 radical (unpaired) electrons. The average Bonchev–Trinajstić information content (AvgIpc) is 3.03. The van der Waals surface area contributed by atoms with E-state index in [1.165, 1.54) is 29.2 Å². The topological polar surface area (TPSA) is 53.1 Å². The van der Waals surface area contributed by atoms with E-state index in [4.69, 9.17) is 4.74 Å². The first-order valence-corrected chi connectivity index (χ1v) is 9.32. The molecule has 2 aromatic rings. The molecule has 2 aliphatic heterocycles. The molecule has 0 aliphatic carbocycles. The van der Waals surface area contributed by atoms with Crippen LogP contribution < -0.4 is 14.5 Å². The lowest BCUT2D eigenvalue weighted by Crippen LogP contribution is -2.52. The minimum Gasteiger partial charge on any atom is -0.497 e. The maximum absolute atomic E-state index is 13.1. The summed E-state index contributed by atoms with van der Waals surface area (Å²) < 4.78 is 18.3. The van der Waals surface area contributed by atoms with Gasteiger partial charge >= 0.3 is 0 Å². The number of imide groups is 1. The van der Waals surface area contributed by atoms with E-state index in [0.717, 1.165) is 24.5 Å². The van der Waals surface area contributed by atoms with E-state index in [1.807, 2.05) is 24.3 Å². The van der Waals surface area contributed by atoms with Crippen LogP contribution >= 0.6 is 0 Å². The number of hydrogen-bond donors (Lipinski definition) is 0. The molecule has 2 amide bonds. The minimum atomic E-state index is -0.449. The number of piperazine rings is 1. The summed E-state index contributed by atoms with van der Waals surface area (Å²) in [6.07, 6.45) is 0.165. The van der Waals surface area contributed by atoms with Crippen LogP contribution in [0.3, 0.4) is 0 Å². The number of amides is 2. The fraction of sp³-hybridized carbons (Fsp3) is 0.333. The number of rotatable bonds is 4. The first-order valence-electron chi connectivity index (χ1n) is 9.32. The molecule has 146 valence electrons. The van der Waals surface area contributed by atoms with Gasteiger partial charge in [0.05, 0.1) is 25.3 Å². The highest BCUT2D eigenvalue weighted by Gasteiger charge is 2.43. The van der Waals surface area contributed by atoms with E-state index >= 15 is 0 Å². The van der Waals surface area contributed by atoms with Crippen LogP contribution in [-0.2, 0) is 9.59 Å². The zero-order chi connectivity index (χ0) is 19.7. The van der Waals surface area contributed by atoms with Crippen molar-refractivity contribution in [3.05, 3.63) is 54.3 Å². The number of ether oxygens (including phenoxy) is 1. The first kappa shape index (κ1) is 18.4. The molecular formula is C21H22FN3O3. The van der Waals surface area contributed by atoms with Gasteiger partial charge in [-0.1, -0.05) is 0 Å². The molecule has 28 heavy (non-hydrogen) atoms. The highest BCUT2D eigenvalue weighted by Crippen LogP contribution is 2.27. The molecule has 0 spiro atoms. The van der Waals surface area contributed by atoms with Gasteiger partial charge in [0.15, 0.2) is 0 Å². The molecule has 0 bridgehead atoms. The van der Waals surface area contributed by atoms with E-state index in [9.17, 15) is 14.0 Å². The van der Waals surface area contributed by atoms with E-state index in [-0.39, 0.29) is 18.2 Å². The van der Waals surface area contributed by atoms with Crippen LogP contribution in [-0.4, -0.2) is 56.0 Å². The summed E-state index contributed by atoms with van der Waals surface area (Å²) in [6, 6.07) is 12.9. The Morgan fingerprint density at radius 2 is 1.50 bits per heavy atom. The van der Waals surface area contributed by atoms with Crippen LogP contribution in [0.4, 0.5) is 15.8 Å². The standard InChI is InChI=1S/C21H22FN3O3/c1-28-18-8-6-16(7-9-18)23-10-12-24(13-11-23)19-14-20(26)25(21(19)27)17-4-2-15(22)3-5-17/h2-9,19H,10-14H2,1H3. The van der Waals surface area contributed by atoms with Crippen molar-refractivity contribution in [1.82, 2.24) is 4.90 Å².